The van der Waals surface area contributed by atoms with Gasteiger partial charge in [0.2, 0.25) is 65.0 Å². The van der Waals surface area contributed by atoms with Gasteiger partial charge in [-0.1, -0.05) is 120 Å². The van der Waals surface area contributed by atoms with Crippen molar-refractivity contribution in [2.75, 3.05) is 33.3 Å². The zero-order valence-electron chi connectivity index (χ0n) is 61.2. The van der Waals surface area contributed by atoms with Gasteiger partial charge in [-0.3, -0.25) is 62.7 Å². The molecule has 1 saturated heterocycles. The number of nitrogens with two attached hydrogens (primary N) is 1. The number of hydrogen-bond acceptors (Lipinski definition) is 16. The van der Waals surface area contributed by atoms with Crippen molar-refractivity contribution in [2.24, 2.45) is 11.7 Å². The maximum atomic E-state index is 15.2. The Morgan fingerprint density at radius 2 is 1.04 bits per heavy atom. The summed E-state index contributed by atoms with van der Waals surface area (Å²) in [5.74, 6) is -8.16. The van der Waals surface area contributed by atoms with Crippen LogP contribution in [0, 0.1) is 5.92 Å². The second-order valence-electron chi connectivity index (χ2n) is 27.8. The maximum absolute atomic E-state index is 15.2. The van der Waals surface area contributed by atoms with E-state index in [2.05, 4.69) is 63.1 Å². The van der Waals surface area contributed by atoms with Crippen molar-refractivity contribution in [3.8, 4) is 0 Å². The molecule has 104 heavy (non-hydrogen) atoms. The number of carbonyl (C=O) groups is 11. The molecule has 1 aliphatic heterocycles. The van der Waals surface area contributed by atoms with Crippen LogP contribution in [0.3, 0.4) is 0 Å². The fourth-order valence-corrected chi connectivity index (χ4v) is 12.4. The Bertz CT molecular complexity index is 3670. The molecule has 5 aromatic rings. The summed E-state index contributed by atoms with van der Waals surface area (Å²) in [7, 11) is 1.30. The number of halogens is 1. The van der Waals surface area contributed by atoms with E-state index in [9.17, 15) is 43.5 Å². The number of aliphatic hydroxyl groups is 1. The van der Waals surface area contributed by atoms with E-state index in [0.717, 1.165) is 21.2 Å². The number of pyridine rings is 2. The van der Waals surface area contributed by atoms with Crippen LogP contribution in [0.5, 0.6) is 0 Å². The number of hydrogen-bond donors (Lipinski definition) is 12. The molecule has 10 unspecified atom stereocenters. The summed E-state index contributed by atoms with van der Waals surface area (Å²) in [5, 5.41) is 42.3. The minimum Gasteiger partial charge on any atom is -0.394 e. The fraction of sp³-hybridized carbons (Fsp3) is 0.513. The zero-order valence-corrected chi connectivity index (χ0v) is 61.9. The number of rotatable bonds is 42. The lowest BCUT2D eigenvalue weighted by molar-refractivity contribution is -0.144. The molecule has 27 nitrogen and oxygen atoms in total. The van der Waals surface area contributed by atoms with E-state index in [-0.39, 0.29) is 69.5 Å². The molecule has 3 heterocycles. The highest BCUT2D eigenvalue weighted by Crippen LogP contribution is 2.23. The number of aromatic nitrogens is 2. The number of carbonyl (C=O) groups excluding carboxylic acids is 11. The Kier molecular flexibility index (Phi) is 34.0. The molecule has 0 aliphatic carbocycles. The lowest BCUT2D eigenvalue weighted by Gasteiger charge is -2.33. The molecular weight excluding hydrogens is 1350 g/mol. The first kappa shape index (κ1) is 83.5. The number of benzene rings is 3. The van der Waals surface area contributed by atoms with Crippen LogP contribution in [0.4, 0.5) is 0 Å². The van der Waals surface area contributed by atoms with Gasteiger partial charge in [-0.25, -0.2) is 0 Å². The number of nitrogens with one attached hydrogen (secondary N) is 10. The molecule has 6 rings (SSSR count). The van der Waals surface area contributed by atoms with Crippen molar-refractivity contribution in [2.45, 2.75) is 211 Å². The molecule has 0 radical (unpaired) electrons. The summed E-state index contributed by atoms with van der Waals surface area (Å²) in [6, 6.07) is 14.0. The molecule has 564 valence electrons. The second-order valence-corrected chi connectivity index (χ2v) is 28.2. The monoisotopic (exact) mass is 1460 g/mol. The van der Waals surface area contributed by atoms with Crippen LogP contribution in [0.1, 0.15) is 135 Å². The first-order valence-electron chi connectivity index (χ1n) is 35.9. The van der Waals surface area contributed by atoms with E-state index in [1.807, 2.05) is 84.0 Å². The standard InChI is InChI=1S/C76H106ClN15O12/c1-46(2)37-60(69(97)86-59(24-13-15-35-82-48(5)6)76(104)92-36-18-25-65(92)73(101)83-49(7)67(78)95)87-68(96)58(23-12-14-34-81-47(3)4)85-74(102)66(42-54-20-17-33-80-44-54)91(9)75(103)64(45-93)90-72(100)63(41-53-19-16-32-79-43-53)89-71(99)62(39-51-27-30-57(77)31-28-51)88-70(98)61(84-50(8)94)40-52-26-29-55-21-10-11-22-56(55)38-52/h10-11,16-17,19-22,26-33,38,43-44,46-49,58-66,81-82,93H,12-15,18,23-25,34-37,39-42,45H2,1-9H3,(H2,78,95)(H,83,101)(H,84,94)(H,85,102)(H,86,97)(H,87,96)(H,88,98)(H,89,99)(H,90,100). The van der Waals surface area contributed by atoms with Gasteiger partial charge in [0.15, 0.2) is 0 Å². The highest BCUT2D eigenvalue weighted by molar-refractivity contribution is 6.30. The van der Waals surface area contributed by atoms with E-state index in [4.69, 9.17) is 17.3 Å². The average Bonchev–Trinajstić information content (AvgIpc) is 1.51. The molecule has 13 N–H and O–H groups in total. The normalized spacial score (nSPS) is 15.4. The topological polar surface area (TPSA) is 387 Å². The van der Waals surface area contributed by atoms with Crippen molar-refractivity contribution in [3.05, 3.63) is 143 Å². The molecule has 0 saturated carbocycles. The van der Waals surface area contributed by atoms with Crippen LogP contribution >= 0.6 is 11.6 Å². The molecule has 28 heteroatoms. The fourth-order valence-electron chi connectivity index (χ4n) is 12.3. The predicted octanol–water partition coefficient (Wildman–Crippen LogP) is 3.15. The number of unbranched alkanes of at least 4 members (excludes halogenated alkanes) is 2. The first-order valence-corrected chi connectivity index (χ1v) is 36.3. The molecule has 1 fully saturated rings. The van der Waals surface area contributed by atoms with Gasteiger partial charge in [0, 0.05) is 88.1 Å². The van der Waals surface area contributed by atoms with E-state index < -0.39 is 132 Å². The van der Waals surface area contributed by atoms with Gasteiger partial charge >= 0.3 is 0 Å². The summed E-state index contributed by atoms with van der Waals surface area (Å²) in [6.07, 6.45) is 8.84. The van der Waals surface area contributed by atoms with Crippen LogP contribution in [0.25, 0.3) is 10.8 Å². The highest BCUT2D eigenvalue weighted by Gasteiger charge is 2.41. The lowest BCUT2D eigenvalue weighted by Crippen LogP contribution is -2.62. The predicted molar refractivity (Wildman–Crippen MR) is 396 cm³/mol. The second kappa shape index (κ2) is 42.4. The van der Waals surface area contributed by atoms with Gasteiger partial charge in [-0.05, 0) is 141 Å². The Morgan fingerprint density at radius 1 is 0.548 bits per heavy atom. The quantitative estimate of drug-likeness (QED) is 0.0250. The SMILES string of the molecule is CC(=O)NC(Cc1ccc2ccccc2c1)C(=O)NC(Cc1ccc(Cl)cc1)C(=O)NC(Cc1cccnc1)C(=O)NC(CO)C(=O)N(C)C(Cc1cccnc1)C(=O)NC(CCCCNC(C)C)C(=O)NC(CC(C)C)C(=O)NC(CCCCNC(C)C)C(=O)N1CCCC1C(=O)NC(C)C(N)=O. The third-order valence-electron chi connectivity index (χ3n) is 18.0. The van der Waals surface area contributed by atoms with Crippen LogP contribution < -0.4 is 58.9 Å². The number of amides is 11. The molecular formula is C76H106ClN15O12. The number of fused-ring (bicyclic) bond motifs is 1. The first-order chi connectivity index (χ1) is 49.6. The average molecular weight is 1460 g/mol. The summed E-state index contributed by atoms with van der Waals surface area (Å²) < 4.78 is 0. The summed E-state index contributed by atoms with van der Waals surface area (Å²) in [6.45, 7) is 14.9. The number of primary amides is 1. The van der Waals surface area contributed by atoms with Crippen LogP contribution in [0.2, 0.25) is 5.02 Å². The van der Waals surface area contributed by atoms with Gasteiger partial charge in [0.1, 0.15) is 60.4 Å². The lowest BCUT2D eigenvalue weighted by atomic mass is 9.99. The smallest absolute Gasteiger partial charge is 0.247 e. The van der Waals surface area contributed by atoms with Gasteiger partial charge < -0.3 is 73.8 Å². The van der Waals surface area contributed by atoms with Crippen LogP contribution in [0.15, 0.2) is 116 Å². The number of likely N-dealkylation sites (N-methyl/N-ethyl adjacent to an activating group) is 1. The Labute approximate surface area is 614 Å². The van der Waals surface area contributed by atoms with E-state index in [1.165, 1.54) is 50.6 Å². The van der Waals surface area contributed by atoms with Crippen molar-refractivity contribution >= 4 is 87.4 Å². The maximum Gasteiger partial charge on any atom is 0.247 e. The number of nitrogens with zero attached hydrogens (tertiary/aromatic N) is 4. The Morgan fingerprint density at radius 3 is 1.59 bits per heavy atom. The minimum atomic E-state index is -1.75. The zero-order chi connectivity index (χ0) is 76.0. The summed E-state index contributed by atoms with van der Waals surface area (Å²) in [5.41, 5.74) is 7.72. The molecule has 11 amide bonds. The van der Waals surface area contributed by atoms with Crippen LogP contribution in [-0.4, -0.2) is 196 Å². The van der Waals surface area contributed by atoms with Gasteiger partial charge in [0.25, 0.3) is 0 Å². The molecule has 0 spiro atoms. The van der Waals surface area contributed by atoms with Crippen molar-refractivity contribution in [1.29, 1.82) is 0 Å². The van der Waals surface area contributed by atoms with E-state index in [0.29, 0.717) is 73.3 Å². The van der Waals surface area contributed by atoms with Crippen molar-refractivity contribution < 1.29 is 57.8 Å². The molecule has 10 atom stereocenters. The molecule has 1 aliphatic rings. The molecule has 2 aromatic heterocycles. The van der Waals surface area contributed by atoms with Crippen LogP contribution in [-0.2, 0) is 78.4 Å². The minimum absolute atomic E-state index is 0.0531. The Balaban J connectivity index is 1.27. The van der Waals surface area contributed by atoms with Crippen molar-refractivity contribution in [1.82, 2.24) is 72.9 Å². The van der Waals surface area contributed by atoms with Gasteiger partial charge in [0.05, 0.1) is 6.61 Å². The van der Waals surface area contributed by atoms with Crippen molar-refractivity contribution in [3.63, 3.8) is 0 Å². The molecule has 0 bridgehead atoms. The van der Waals surface area contributed by atoms with Gasteiger partial charge in [-0.15, -0.1) is 0 Å². The molecule has 3 aromatic carbocycles. The Hall–Kier alpha value is -9.44. The summed E-state index contributed by atoms with van der Waals surface area (Å²) in [4.78, 5) is 168. The van der Waals surface area contributed by atoms with E-state index >= 15 is 14.4 Å². The highest BCUT2D eigenvalue weighted by atomic mass is 35.5. The van der Waals surface area contributed by atoms with Gasteiger partial charge in [-0.2, -0.15) is 0 Å². The number of aliphatic hydroxyl groups excluding tert-OH is 1. The third kappa shape index (κ3) is 27.3. The summed E-state index contributed by atoms with van der Waals surface area (Å²) >= 11 is 6.26. The number of likely N-dealkylation sites (tertiary alicyclic amines) is 1. The van der Waals surface area contributed by atoms with E-state index in [1.54, 1.807) is 48.5 Å². The largest absolute Gasteiger partial charge is 0.394 e. The third-order valence-corrected chi connectivity index (χ3v) is 18.2.